The SMILES string of the molecule is CCCc1ccc(C(C)(C=O)NC(=O)OC(C)(C)C)s1. The predicted molar refractivity (Wildman–Crippen MR) is 81.1 cm³/mol. The lowest BCUT2D eigenvalue weighted by Crippen LogP contribution is -2.46. The Morgan fingerprint density at radius 2 is 2.00 bits per heavy atom. The summed E-state index contributed by atoms with van der Waals surface area (Å²) in [6.07, 6.45) is 2.19. The molecular weight excluding hydrogens is 274 g/mol. The largest absolute Gasteiger partial charge is 0.444 e. The molecule has 1 unspecified atom stereocenters. The van der Waals surface area contributed by atoms with E-state index in [0.717, 1.165) is 24.0 Å². The van der Waals surface area contributed by atoms with Crippen molar-refractivity contribution in [2.75, 3.05) is 0 Å². The van der Waals surface area contributed by atoms with Crippen molar-refractivity contribution in [2.45, 2.75) is 58.6 Å². The number of rotatable bonds is 5. The number of aldehydes is 1. The number of thiophene rings is 1. The normalized spacial score (nSPS) is 14.4. The van der Waals surface area contributed by atoms with Gasteiger partial charge in [-0.15, -0.1) is 11.3 Å². The summed E-state index contributed by atoms with van der Waals surface area (Å²) in [5.41, 5.74) is -1.63. The number of nitrogens with one attached hydrogen (secondary N) is 1. The molecule has 0 saturated carbocycles. The number of carbonyl (C=O) groups excluding carboxylic acids is 2. The molecule has 0 aliphatic carbocycles. The van der Waals surface area contributed by atoms with Crippen molar-refractivity contribution in [1.29, 1.82) is 0 Å². The maximum atomic E-state index is 11.9. The van der Waals surface area contributed by atoms with Crippen molar-refractivity contribution >= 4 is 23.7 Å². The second-order valence-corrected chi connectivity index (χ2v) is 7.13. The third-order valence-electron chi connectivity index (χ3n) is 2.67. The van der Waals surface area contributed by atoms with Gasteiger partial charge < -0.3 is 14.8 Å². The van der Waals surface area contributed by atoms with E-state index in [2.05, 4.69) is 12.2 Å². The van der Waals surface area contributed by atoms with Crippen LogP contribution in [0.5, 0.6) is 0 Å². The summed E-state index contributed by atoms with van der Waals surface area (Å²) in [6.45, 7) is 9.16. The molecule has 4 nitrogen and oxygen atoms in total. The number of ether oxygens (including phenoxy) is 1. The average molecular weight is 297 g/mol. The standard InChI is InChI=1S/C15H23NO3S/c1-6-7-11-8-9-12(20-11)15(5,10-17)16-13(18)19-14(2,3)4/h8-10H,6-7H2,1-5H3,(H,16,18). The zero-order chi connectivity index (χ0) is 15.4. The summed E-state index contributed by atoms with van der Waals surface area (Å²) in [6, 6.07) is 3.89. The first kappa shape index (κ1) is 16.7. The quantitative estimate of drug-likeness (QED) is 0.844. The van der Waals surface area contributed by atoms with Gasteiger partial charge in [-0.25, -0.2) is 4.79 Å². The Hall–Kier alpha value is -1.36. The topological polar surface area (TPSA) is 55.4 Å². The number of alkyl carbamates (subject to hydrolysis) is 1. The zero-order valence-electron chi connectivity index (χ0n) is 12.8. The smallest absolute Gasteiger partial charge is 0.408 e. The van der Waals surface area contributed by atoms with Crippen LogP contribution in [-0.4, -0.2) is 18.0 Å². The van der Waals surface area contributed by atoms with Gasteiger partial charge in [0.1, 0.15) is 11.1 Å². The maximum absolute atomic E-state index is 11.9. The molecule has 112 valence electrons. The Balaban J connectivity index is 2.85. The number of amides is 1. The molecule has 1 aromatic heterocycles. The van der Waals surface area contributed by atoms with Crippen LogP contribution in [0.3, 0.4) is 0 Å². The lowest BCUT2D eigenvalue weighted by atomic mass is 10.0. The van der Waals surface area contributed by atoms with Gasteiger partial charge in [-0.05, 0) is 46.2 Å². The fraction of sp³-hybridized carbons (Fsp3) is 0.600. The number of carbonyl (C=O) groups is 2. The molecule has 0 spiro atoms. The van der Waals surface area contributed by atoms with Crippen LogP contribution in [0.25, 0.3) is 0 Å². The highest BCUT2D eigenvalue weighted by atomic mass is 32.1. The summed E-state index contributed by atoms with van der Waals surface area (Å²) in [5.74, 6) is 0. The molecule has 1 N–H and O–H groups in total. The molecule has 0 aliphatic heterocycles. The van der Waals surface area contributed by atoms with Crippen LogP contribution in [0, 0.1) is 0 Å². The highest BCUT2D eigenvalue weighted by Crippen LogP contribution is 2.28. The Kier molecular flexibility index (Phi) is 5.34. The number of hydrogen-bond donors (Lipinski definition) is 1. The van der Waals surface area contributed by atoms with Crippen molar-refractivity contribution in [3.05, 3.63) is 21.9 Å². The average Bonchev–Trinajstić information content (AvgIpc) is 2.76. The van der Waals surface area contributed by atoms with E-state index < -0.39 is 17.2 Å². The molecule has 1 rings (SSSR count). The first-order valence-electron chi connectivity index (χ1n) is 6.77. The number of hydrogen-bond acceptors (Lipinski definition) is 4. The first-order valence-corrected chi connectivity index (χ1v) is 7.58. The van der Waals surface area contributed by atoms with E-state index in [9.17, 15) is 9.59 Å². The molecule has 1 aromatic rings. The molecule has 1 amide bonds. The van der Waals surface area contributed by atoms with Crippen LogP contribution in [0.1, 0.15) is 50.8 Å². The fourth-order valence-corrected chi connectivity index (χ4v) is 2.87. The van der Waals surface area contributed by atoms with Gasteiger partial charge in [0.25, 0.3) is 0 Å². The van der Waals surface area contributed by atoms with E-state index in [1.807, 2.05) is 12.1 Å². The van der Waals surface area contributed by atoms with Gasteiger partial charge >= 0.3 is 6.09 Å². The summed E-state index contributed by atoms with van der Waals surface area (Å²) in [4.78, 5) is 25.3. The molecule has 0 saturated heterocycles. The van der Waals surface area contributed by atoms with Gasteiger partial charge in [0.05, 0.1) is 0 Å². The van der Waals surface area contributed by atoms with Gasteiger partial charge in [0, 0.05) is 9.75 Å². The molecule has 5 heteroatoms. The molecule has 0 aliphatic rings. The van der Waals surface area contributed by atoms with Gasteiger partial charge in [-0.3, -0.25) is 0 Å². The van der Waals surface area contributed by atoms with Crippen molar-refractivity contribution < 1.29 is 14.3 Å². The van der Waals surface area contributed by atoms with Crippen molar-refractivity contribution in [2.24, 2.45) is 0 Å². The highest BCUT2D eigenvalue weighted by molar-refractivity contribution is 7.12. The van der Waals surface area contributed by atoms with Crippen LogP contribution in [0.2, 0.25) is 0 Å². The van der Waals surface area contributed by atoms with Crippen LogP contribution >= 0.6 is 11.3 Å². The molecular formula is C15H23NO3S. The zero-order valence-corrected chi connectivity index (χ0v) is 13.6. The minimum Gasteiger partial charge on any atom is -0.444 e. The fourth-order valence-electron chi connectivity index (χ4n) is 1.70. The van der Waals surface area contributed by atoms with Crippen LogP contribution in [-0.2, 0) is 21.5 Å². The molecule has 0 radical (unpaired) electrons. The minimum atomic E-state index is -1.04. The summed E-state index contributed by atoms with van der Waals surface area (Å²) >= 11 is 1.55. The summed E-state index contributed by atoms with van der Waals surface area (Å²) < 4.78 is 5.21. The van der Waals surface area contributed by atoms with Gasteiger partial charge in [-0.2, -0.15) is 0 Å². The van der Waals surface area contributed by atoms with Gasteiger partial charge in [-0.1, -0.05) is 13.3 Å². The predicted octanol–water partition coefficient (Wildman–Crippen LogP) is 3.64. The van der Waals surface area contributed by atoms with Gasteiger partial charge in [0.2, 0.25) is 0 Å². The van der Waals surface area contributed by atoms with Crippen LogP contribution in [0.15, 0.2) is 12.1 Å². The van der Waals surface area contributed by atoms with Crippen LogP contribution < -0.4 is 5.32 Å². The molecule has 1 atom stereocenters. The van der Waals surface area contributed by atoms with E-state index in [0.29, 0.717) is 0 Å². The number of aryl methyl sites for hydroxylation is 1. The van der Waals surface area contributed by atoms with Gasteiger partial charge in [0.15, 0.2) is 6.29 Å². The second kappa shape index (κ2) is 6.39. The van der Waals surface area contributed by atoms with Crippen molar-refractivity contribution in [3.8, 4) is 0 Å². The Labute approximate surface area is 124 Å². The Bertz CT molecular complexity index is 476. The Morgan fingerprint density at radius 3 is 2.50 bits per heavy atom. The molecule has 0 fully saturated rings. The molecule has 1 heterocycles. The lowest BCUT2D eigenvalue weighted by molar-refractivity contribution is -0.113. The molecule has 0 bridgehead atoms. The maximum Gasteiger partial charge on any atom is 0.408 e. The highest BCUT2D eigenvalue weighted by Gasteiger charge is 2.31. The van der Waals surface area contributed by atoms with E-state index >= 15 is 0 Å². The first-order chi connectivity index (χ1) is 9.20. The van der Waals surface area contributed by atoms with E-state index in [4.69, 9.17) is 4.74 Å². The monoisotopic (exact) mass is 297 g/mol. The lowest BCUT2D eigenvalue weighted by Gasteiger charge is -2.26. The molecule has 0 aromatic carbocycles. The summed E-state index contributed by atoms with van der Waals surface area (Å²) in [5, 5.41) is 2.65. The molecule has 20 heavy (non-hydrogen) atoms. The van der Waals surface area contributed by atoms with Crippen LogP contribution in [0.4, 0.5) is 4.79 Å². The van der Waals surface area contributed by atoms with E-state index in [-0.39, 0.29) is 0 Å². The second-order valence-electron chi connectivity index (χ2n) is 5.96. The van der Waals surface area contributed by atoms with Crippen molar-refractivity contribution in [3.63, 3.8) is 0 Å². The van der Waals surface area contributed by atoms with E-state index in [1.54, 1.807) is 39.0 Å². The third kappa shape index (κ3) is 4.63. The van der Waals surface area contributed by atoms with E-state index in [1.165, 1.54) is 4.88 Å². The third-order valence-corrected chi connectivity index (χ3v) is 4.05. The minimum absolute atomic E-state index is 0.586. The van der Waals surface area contributed by atoms with Crippen molar-refractivity contribution in [1.82, 2.24) is 5.32 Å². The Morgan fingerprint density at radius 1 is 1.35 bits per heavy atom. The summed E-state index contributed by atoms with van der Waals surface area (Å²) in [7, 11) is 0.